The lowest BCUT2D eigenvalue weighted by Gasteiger charge is -2.34. The Bertz CT molecular complexity index is 437. The van der Waals surface area contributed by atoms with Crippen LogP contribution in [0.4, 0.5) is 4.39 Å². The second kappa shape index (κ2) is 5.36. The van der Waals surface area contributed by atoms with E-state index in [1.165, 1.54) is 17.0 Å². The third kappa shape index (κ3) is 3.19. The Morgan fingerprint density at radius 1 is 1.53 bits per heavy atom. The first kappa shape index (κ1) is 14.5. The highest BCUT2D eigenvalue weighted by molar-refractivity contribution is 9.10. The highest BCUT2D eigenvalue weighted by Crippen LogP contribution is 2.21. The highest BCUT2D eigenvalue weighted by Gasteiger charge is 2.27. The van der Waals surface area contributed by atoms with Gasteiger partial charge in [0.15, 0.2) is 0 Å². The predicted octanol–water partition coefficient (Wildman–Crippen LogP) is 3.68. The number of carbonyl (C=O) groups is 1. The van der Waals surface area contributed by atoms with Crippen molar-refractivity contribution in [1.82, 2.24) is 4.90 Å². The number of carbonyl (C=O) groups excluding carboxylic acids is 1. The van der Waals surface area contributed by atoms with Gasteiger partial charge < -0.3 is 4.90 Å². The van der Waals surface area contributed by atoms with Crippen molar-refractivity contribution in [1.29, 1.82) is 0 Å². The van der Waals surface area contributed by atoms with Crippen molar-refractivity contribution in [3.8, 4) is 0 Å². The van der Waals surface area contributed by atoms with Crippen LogP contribution in [0.15, 0.2) is 22.7 Å². The van der Waals surface area contributed by atoms with Crippen LogP contribution in [-0.4, -0.2) is 29.3 Å². The quantitative estimate of drug-likeness (QED) is 0.777. The Balaban J connectivity index is 3.01. The topological polar surface area (TPSA) is 20.3 Å². The predicted molar refractivity (Wildman–Crippen MR) is 71.0 cm³/mol. The summed E-state index contributed by atoms with van der Waals surface area (Å²) in [6.45, 7) is 3.71. The normalized spacial score (nSPS) is 11.4. The molecule has 5 heteroatoms. The first-order chi connectivity index (χ1) is 7.79. The van der Waals surface area contributed by atoms with E-state index in [0.29, 0.717) is 15.9 Å². The summed E-state index contributed by atoms with van der Waals surface area (Å²) in [5.41, 5.74) is -0.159. The minimum absolute atomic E-state index is 0.248. The molecule has 1 amide bonds. The molecule has 0 radical (unpaired) electrons. The van der Waals surface area contributed by atoms with E-state index in [4.69, 9.17) is 11.6 Å². The molecule has 17 heavy (non-hydrogen) atoms. The van der Waals surface area contributed by atoms with Crippen LogP contribution in [0.25, 0.3) is 0 Å². The van der Waals surface area contributed by atoms with Crippen molar-refractivity contribution in [2.24, 2.45) is 0 Å². The number of nitrogens with zero attached hydrogens (tertiary/aromatic N) is 1. The molecule has 94 valence electrons. The Kier molecular flexibility index (Phi) is 4.55. The number of hydrogen-bond donors (Lipinski definition) is 0. The van der Waals surface area contributed by atoms with Crippen molar-refractivity contribution in [3.63, 3.8) is 0 Å². The van der Waals surface area contributed by atoms with Gasteiger partial charge in [-0.25, -0.2) is 4.39 Å². The maximum absolute atomic E-state index is 13.3. The lowest BCUT2D eigenvalue weighted by molar-refractivity contribution is 0.0659. The van der Waals surface area contributed by atoms with E-state index in [-0.39, 0.29) is 5.91 Å². The molecule has 0 aliphatic heterocycles. The Labute approximate surface area is 114 Å². The summed E-state index contributed by atoms with van der Waals surface area (Å²) < 4.78 is 13.7. The first-order valence-corrected chi connectivity index (χ1v) is 6.41. The fourth-order valence-corrected chi connectivity index (χ4v) is 1.61. The maximum Gasteiger partial charge on any atom is 0.254 e. The zero-order chi connectivity index (χ0) is 13.2. The summed E-state index contributed by atoms with van der Waals surface area (Å²) in [6, 6.07) is 4.31. The third-order valence-corrected chi connectivity index (χ3v) is 4.00. The molecular formula is C12H14BrClFNO. The molecule has 0 fully saturated rings. The van der Waals surface area contributed by atoms with Crippen molar-refractivity contribution in [3.05, 3.63) is 34.1 Å². The SMILES string of the molecule is CN(C(=O)c1ccc(Br)c(F)c1)C(C)(C)CCl. The summed E-state index contributed by atoms with van der Waals surface area (Å²) in [5, 5.41) is 0. The van der Waals surface area contributed by atoms with Crippen LogP contribution >= 0.6 is 27.5 Å². The van der Waals surface area contributed by atoms with E-state index in [1.54, 1.807) is 13.1 Å². The Morgan fingerprint density at radius 3 is 2.59 bits per heavy atom. The standard InChI is InChI=1S/C12H14BrClFNO/c1-12(2,7-14)16(3)11(17)8-4-5-9(13)10(15)6-8/h4-6H,7H2,1-3H3. The molecule has 0 bridgehead atoms. The van der Waals surface area contributed by atoms with Crippen molar-refractivity contribution in [2.75, 3.05) is 12.9 Å². The van der Waals surface area contributed by atoms with E-state index >= 15 is 0 Å². The molecule has 0 aliphatic rings. The van der Waals surface area contributed by atoms with Crippen LogP contribution in [0.1, 0.15) is 24.2 Å². The molecule has 0 saturated heterocycles. The van der Waals surface area contributed by atoms with Crippen LogP contribution in [0, 0.1) is 5.82 Å². The highest BCUT2D eigenvalue weighted by atomic mass is 79.9. The summed E-state index contributed by atoms with van der Waals surface area (Å²) in [5.74, 6) is -0.385. The van der Waals surface area contributed by atoms with Gasteiger partial charge in [0.1, 0.15) is 5.82 Å². The number of amides is 1. The van der Waals surface area contributed by atoms with Crippen LogP contribution < -0.4 is 0 Å². The molecule has 0 N–H and O–H groups in total. The second-order valence-corrected chi connectivity index (χ2v) is 5.56. The van der Waals surface area contributed by atoms with Crippen LogP contribution in [0.3, 0.4) is 0 Å². The molecule has 0 saturated carbocycles. The lowest BCUT2D eigenvalue weighted by atomic mass is 10.0. The minimum Gasteiger partial charge on any atom is -0.335 e. The number of halogens is 3. The summed E-state index contributed by atoms with van der Waals surface area (Å²) in [7, 11) is 1.66. The Hall–Kier alpha value is -0.610. The van der Waals surface area contributed by atoms with Crippen LogP contribution in [0.2, 0.25) is 0 Å². The van der Waals surface area contributed by atoms with Crippen molar-refractivity contribution >= 4 is 33.4 Å². The largest absolute Gasteiger partial charge is 0.335 e. The van der Waals surface area contributed by atoms with E-state index in [9.17, 15) is 9.18 Å². The fraction of sp³-hybridized carbons (Fsp3) is 0.417. The van der Waals surface area contributed by atoms with Gasteiger partial charge in [-0.2, -0.15) is 0 Å². The van der Waals surface area contributed by atoms with Gasteiger partial charge in [-0.3, -0.25) is 4.79 Å². The number of alkyl halides is 1. The molecule has 2 nitrogen and oxygen atoms in total. The molecule has 0 atom stereocenters. The van der Waals surface area contributed by atoms with Crippen LogP contribution in [0.5, 0.6) is 0 Å². The lowest BCUT2D eigenvalue weighted by Crippen LogP contribution is -2.46. The third-order valence-electron chi connectivity index (χ3n) is 2.71. The molecular weight excluding hydrogens is 308 g/mol. The zero-order valence-corrected chi connectivity index (χ0v) is 12.3. The van der Waals surface area contributed by atoms with E-state index < -0.39 is 11.4 Å². The van der Waals surface area contributed by atoms with E-state index in [1.807, 2.05) is 13.8 Å². The smallest absolute Gasteiger partial charge is 0.254 e. The zero-order valence-electron chi connectivity index (χ0n) is 9.93. The van der Waals surface area contributed by atoms with Gasteiger partial charge in [-0.1, -0.05) is 0 Å². The van der Waals surface area contributed by atoms with Gasteiger partial charge in [0.05, 0.1) is 10.0 Å². The molecule has 0 unspecified atom stereocenters. The molecule has 0 aliphatic carbocycles. The van der Waals surface area contributed by atoms with Crippen molar-refractivity contribution < 1.29 is 9.18 Å². The summed E-state index contributed by atoms with van der Waals surface area (Å²) >= 11 is 8.85. The molecule has 0 aromatic heterocycles. The maximum atomic E-state index is 13.3. The summed E-state index contributed by atoms with van der Waals surface area (Å²) in [6.07, 6.45) is 0. The average molecular weight is 323 g/mol. The van der Waals surface area contributed by atoms with Gasteiger partial charge in [0.25, 0.3) is 5.91 Å². The van der Waals surface area contributed by atoms with Crippen molar-refractivity contribution in [2.45, 2.75) is 19.4 Å². The molecule has 0 spiro atoms. The number of benzene rings is 1. The van der Waals surface area contributed by atoms with Gasteiger partial charge in [0, 0.05) is 18.5 Å². The van der Waals surface area contributed by atoms with Gasteiger partial charge in [-0.05, 0) is 48.0 Å². The number of hydrogen-bond acceptors (Lipinski definition) is 1. The molecule has 1 aromatic carbocycles. The minimum atomic E-state index is -0.470. The molecule has 0 heterocycles. The number of rotatable bonds is 3. The Morgan fingerprint density at radius 2 is 2.12 bits per heavy atom. The van der Waals surface area contributed by atoms with E-state index in [2.05, 4.69) is 15.9 Å². The molecule has 1 rings (SSSR count). The second-order valence-electron chi connectivity index (χ2n) is 4.44. The summed E-state index contributed by atoms with van der Waals surface area (Å²) in [4.78, 5) is 13.6. The van der Waals surface area contributed by atoms with Gasteiger partial charge >= 0.3 is 0 Å². The van der Waals surface area contributed by atoms with Gasteiger partial charge in [0.2, 0.25) is 0 Å². The van der Waals surface area contributed by atoms with Gasteiger partial charge in [-0.15, -0.1) is 11.6 Å². The molecule has 1 aromatic rings. The van der Waals surface area contributed by atoms with E-state index in [0.717, 1.165) is 0 Å². The van der Waals surface area contributed by atoms with Crippen LogP contribution in [-0.2, 0) is 0 Å². The fourth-order valence-electron chi connectivity index (χ4n) is 1.19. The monoisotopic (exact) mass is 321 g/mol. The average Bonchev–Trinajstić information content (AvgIpc) is 2.30. The first-order valence-electron chi connectivity index (χ1n) is 5.09.